The van der Waals surface area contributed by atoms with Crippen LogP contribution in [0.25, 0.3) is 0 Å². The topological polar surface area (TPSA) is 103 Å². The van der Waals surface area contributed by atoms with Gasteiger partial charge in [0.1, 0.15) is 6.07 Å². The highest BCUT2D eigenvalue weighted by molar-refractivity contribution is 6.30. The monoisotopic (exact) mass is 358 g/mol. The number of ether oxygens (including phenoxy) is 1. The molecular formula is C16H15ClN6O2. The summed E-state index contributed by atoms with van der Waals surface area (Å²) in [6, 6.07) is 8.97. The maximum absolute atomic E-state index is 11.7. The summed E-state index contributed by atoms with van der Waals surface area (Å²) in [5.41, 5.74) is 0.729. The summed E-state index contributed by atoms with van der Waals surface area (Å²) in [5, 5.41) is 15.7. The number of piperazine rings is 1. The van der Waals surface area contributed by atoms with Gasteiger partial charge in [0.2, 0.25) is 17.5 Å². The molecule has 1 aliphatic heterocycles. The first-order valence-electron chi connectivity index (χ1n) is 7.51. The number of carbonyl (C=O) groups excluding carboxylic acids is 1. The van der Waals surface area contributed by atoms with Gasteiger partial charge in [0.15, 0.2) is 11.6 Å². The SMILES string of the molecule is COc1c(Nc2ccc(Cl)cc2)nc(C#N)nc1N1CCNC(=O)C1. The number of nitriles is 1. The fourth-order valence-corrected chi connectivity index (χ4v) is 2.59. The lowest BCUT2D eigenvalue weighted by molar-refractivity contribution is -0.120. The quantitative estimate of drug-likeness (QED) is 0.857. The molecule has 1 saturated heterocycles. The number of nitrogens with one attached hydrogen (secondary N) is 2. The normalized spacial score (nSPS) is 13.8. The number of rotatable bonds is 4. The van der Waals surface area contributed by atoms with Crippen LogP contribution in [0.5, 0.6) is 5.75 Å². The zero-order valence-corrected chi connectivity index (χ0v) is 14.2. The molecule has 8 nitrogen and oxygen atoms in total. The summed E-state index contributed by atoms with van der Waals surface area (Å²) in [5.74, 6) is 0.984. The van der Waals surface area contributed by atoms with Gasteiger partial charge in [0.25, 0.3) is 0 Å². The van der Waals surface area contributed by atoms with Gasteiger partial charge >= 0.3 is 0 Å². The molecule has 0 aliphatic carbocycles. The van der Waals surface area contributed by atoms with Crippen LogP contribution < -0.4 is 20.3 Å². The fourth-order valence-electron chi connectivity index (χ4n) is 2.46. The van der Waals surface area contributed by atoms with E-state index in [4.69, 9.17) is 16.3 Å². The smallest absolute Gasteiger partial charge is 0.239 e. The Morgan fingerprint density at radius 1 is 1.36 bits per heavy atom. The predicted molar refractivity (Wildman–Crippen MR) is 93.3 cm³/mol. The number of anilines is 3. The van der Waals surface area contributed by atoms with Crippen molar-refractivity contribution < 1.29 is 9.53 Å². The molecule has 1 aliphatic rings. The molecule has 0 atom stereocenters. The molecule has 0 bridgehead atoms. The number of nitrogens with zero attached hydrogens (tertiary/aromatic N) is 4. The number of halogens is 1. The Kier molecular flexibility index (Phi) is 4.86. The van der Waals surface area contributed by atoms with Crippen molar-refractivity contribution in [3.05, 3.63) is 35.1 Å². The molecule has 2 N–H and O–H groups in total. The molecule has 0 spiro atoms. The summed E-state index contributed by atoms with van der Waals surface area (Å²) in [7, 11) is 1.49. The van der Waals surface area contributed by atoms with Gasteiger partial charge in [-0.1, -0.05) is 11.6 Å². The first kappa shape index (κ1) is 16.8. The van der Waals surface area contributed by atoms with E-state index in [9.17, 15) is 10.1 Å². The van der Waals surface area contributed by atoms with Crippen LogP contribution in [0.2, 0.25) is 5.02 Å². The van der Waals surface area contributed by atoms with E-state index in [1.165, 1.54) is 7.11 Å². The minimum absolute atomic E-state index is 0.0155. The van der Waals surface area contributed by atoms with Crippen molar-refractivity contribution in [2.45, 2.75) is 0 Å². The summed E-state index contributed by atoms with van der Waals surface area (Å²) in [4.78, 5) is 21.8. The molecular weight excluding hydrogens is 344 g/mol. The molecule has 1 amide bonds. The fraction of sp³-hybridized carbons (Fsp3) is 0.250. The van der Waals surface area contributed by atoms with E-state index in [0.29, 0.717) is 35.5 Å². The molecule has 1 aromatic carbocycles. The lowest BCUT2D eigenvalue weighted by Gasteiger charge is -2.29. The van der Waals surface area contributed by atoms with E-state index in [1.54, 1.807) is 29.2 Å². The van der Waals surface area contributed by atoms with E-state index in [1.807, 2.05) is 6.07 Å². The third-order valence-electron chi connectivity index (χ3n) is 3.60. The Labute approximate surface area is 149 Å². The second-order valence-electron chi connectivity index (χ2n) is 5.27. The average molecular weight is 359 g/mol. The maximum Gasteiger partial charge on any atom is 0.239 e. The highest BCUT2D eigenvalue weighted by Crippen LogP contribution is 2.35. The number of methoxy groups -OCH3 is 1. The number of carbonyl (C=O) groups is 1. The number of benzene rings is 1. The van der Waals surface area contributed by atoms with E-state index >= 15 is 0 Å². The summed E-state index contributed by atoms with van der Waals surface area (Å²) in [6.07, 6.45) is 0. The zero-order valence-electron chi connectivity index (χ0n) is 13.4. The van der Waals surface area contributed by atoms with Gasteiger partial charge in [-0.3, -0.25) is 4.79 Å². The van der Waals surface area contributed by atoms with Crippen molar-refractivity contribution in [3.63, 3.8) is 0 Å². The molecule has 25 heavy (non-hydrogen) atoms. The molecule has 0 saturated carbocycles. The van der Waals surface area contributed by atoms with Gasteiger partial charge in [-0.2, -0.15) is 15.2 Å². The van der Waals surface area contributed by atoms with Gasteiger partial charge in [-0.05, 0) is 24.3 Å². The van der Waals surface area contributed by atoms with Crippen LogP contribution in [0.15, 0.2) is 24.3 Å². The molecule has 1 aromatic heterocycles. The molecule has 2 aromatic rings. The molecule has 3 rings (SSSR count). The van der Waals surface area contributed by atoms with Crippen molar-refractivity contribution in [1.29, 1.82) is 5.26 Å². The number of hydrogen-bond acceptors (Lipinski definition) is 7. The number of aromatic nitrogens is 2. The first-order valence-corrected chi connectivity index (χ1v) is 7.89. The van der Waals surface area contributed by atoms with Crippen molar-refractivity contribution >= 4 is 34.8 Å². The molecule has 1 fully saturated rings. The van der Waals surface area contributed by atoms with Crippen molar-refractivity contribution in [2.24, 2.45) is 0 Å². The third-order valence-corrected chi connectivity index (χ3v) is 3.85. The third kappa shape index (κ3) is 3.72. The minimum Gasteiger partial charge on any atom is -0.490 e. The molecule has 0 radical (unpaired) electrons. The molecule has 0 unspecified atom stereocenters. The van der Waals surface area contributed by atoms with Crippen molar-refractivity contribution in [1.82, 2.24) is 15.3 Å². The Balaban J connectivity index is 2.02. The second kappa shape index (κ2) is 7.23. The van der Waals surface area contributed by atoms with Crippen LogP contribution >= 0.6 is 11.6 Å². The Bertz CT molecular complexity index is 834. The van der Waals surface area contributed by atoms with E-state index in [-0.39, 0.29) is 18.3 Å². The van der Waals surface area contributed by atoms with E-state index < -0.39 is 0 Å². The molecule has 2 heterocycles. The number of amides is 1. The van der Waals surface area contributed by atoms with E-state index in [0.717, 1.165) is 5.69 Å². The van der Waals surface area contributed by atoms with Crippen LogP contribution in [0.3, 0.4) is 0 Å². The molecule has 128 valence electrons. The van der Waals surface area contributed by atoms with Crippen LogP contribution in [0.4, 0.5) is 17.3 Å². The zero-order chi connectivity index (χ0) is 17.8. The summed E-state index contributed by atoms with van der Waals surface area (Å²) in [6.45, 7) is 1.19. The highest BCUT2D eigenvalue weighted by atomic mass is 35.5. The van der Waals surface area contributed by atoms with Crippen LogP contribution in [0.1, 0.15) is 5.82 Å². The minimum atomic E-state index is -0.113. The Hall–Kier alpha value is -3.05. The largest absolute Gasteiger partial charge is 0.490 e. The van der Waals surface area contributed by atoms with Crippen LogP contribution in [-0.2, 0) is 4.79 Å². The predicted octanol–water partition coefficient (Wildman–Crippen LogP) is 1.69. The lowest BCUT2D eigenvalue weighted by atomic mass is 10.3. The molecule has 9 heteroatoms. The second-order valence-corrected chi connectivity index (χ2v) is 5.70. The van der Waals surface area contributed by atoms with Gasteiger partial charge in [0, 0.05) is 23.8 Å². The van der Waals surface area contributed by atoms with Gasteiger partial charge in [0.05, 0.1) is 13.7 Å². The maximum atomic E-state index is 11.7. The Morgan fingerprint density at radius 3 is 2.76 bits per heavy atom. The highest BCUT2D eigenvalue weighted by Gasteiger charge is 2.24. The summed E-state index contributed by atoms with van der Waals surface area (Å²) >= 11 is 5.90. The Morgan fingerprint density at radius 2 is 2.12 bits per heavy atom. The van der Waals surface area contributed by atoms with Crippen LogP contribution in [-0.4, -0.2) is 42.6 Å². The summed E-state index contributed by atoms with van der Waals surface area (Å²) < 4.78 is 5.46. The first-order chi connectivity index (χ1) is 12.1. The van der Waals surface area contributed by atoms with E-state index in [2.05, 4.69) is 20.6 Å². The van der Waals surface area contributed by atoms with Gasteiger partial charge in [-0.25, -0.2) is 0 Å². The average Bonchev–Trinajstić information content (AvgIpc) is 2.63. The van der Waals surface area contributed by atoms with Gasteiger partial charge < -0.3 is 20.3 Å². The van der Waals surface area contributed by atoms with Gasteiger partial charge in [-0.15, -0.1) is 0 Å². The lowest BCUT2D eigenvalue weighted by Crippen LogP contribution is -2.48. The standard InChI is InChI=1S/C16H15ClN6O2/c1-25-14-15(20-11-4-2-10(17)3-5-11)21-12(8-18)22-16(14)23-7-6-19-13(24)9-23/h2-5H,6-7,9H2,1H3,(H,19,24)(H,20,21,22). The van der Waals surface area contributed by atoms with Crippen molar-refractivity contribution in [3.8, 4) is 11.8 Å². The number of hydrogen-bond donors (Lipinski definition) is 2. The van der Waals surface area contributed by atoms with Crippen molar-refractivity contribution in [2.75, 3.05) is 37.0 Å². The van der Waals surface area contributed by atoms with Crippen LogP contribution in [0, 0.1) is 11.3 Å².